The van der Waals surface area contributed by atoms with Crippen molar-refractivity contribution >= 4 is 0 Å². The number of rotatable bonds is 9. The van der Waals surface area contributed by atoms with E-state index in [9.17, 15) is 5.11 Å². The van der Waals surface area contributed by atoms with Gasteiger partial charge >= 0.3 is 0 Å². The van der Waals surface area contributed by atoms with Gasteiger partial charge in [0.2, 0.25) is 0 Å². The number of nitrogens with zero attached hydrogens (tertiary/aromatic N) is 2. The summed E-state index contributed by atoms with van der Waals surface area (Å²) in [6.45, 7) is 5.92. The molecule has 0 saturated carbocycles. The summed E-state index contributed by atoms with van der Waals surface area (Å²) in [5.74, 6) is 7.22. The van der Waals surface area contributed by atoms with E-state index in [2.05, 4.69) is 51.4 Å². The van der Waals surface area contributed by atoms with E-state index in [0.717, 1.165) is 44.0 Å². The number of nitrogens with one attached hydrogen (secondary N) is 1. The molecule has 6 nitrogen and oxygen atoms in total. The van der Waals surface area contributed by atoms with Crippen molar-refractivity contribution in [1.82, 2.24) is 15.3 Å². The SMILES string of the molecule is ONCCC#Cc1ccc(OCCN2CCN([C@H](c3ccccc3)c3ccc(O)cc3)CC2)cc1. The number of ether oxygens (including phenoxy) is 1. The molecule has 0 aliphatic carbocycles. The lowest BCUT2D eigenvalue weighted by Crippen LogP contribution is -2.48. The molecule has 0 bridgehead atoms. The average molecular weight is 472 g/mol. The molecule has 0 aromatic heterocycles. The summed E-state index contributed by atoms with van der Waals surface area (Å²) in [6, 6.07) is 26.2. The van der Waals surface area contributed by atoms with Gasteiger partial charge in [0, 0.05) is 51.3 Å². The van der Waals surface area contributed by atoms with Gasteiger partial charge < -0.3 is 15.1 Å². The first-order valence-electron chi connectivity index (χ1n) is 12.1. The van der Waals surface area contributed by atoms with E-state index in [1.54, 1.807) is 12.1 Å². The van der Waals surface area contributed by atoms with Crippen LogP contribution >= 0.6 is 0 Å². The minimum atomic E-state index is 0.178. The van der Waals surface area contributed by atoms with Gasteiger partial charge in [0.05, 0.1) is 6.04 Å². The van der Waals surface area contributed by atoms with Crippen molar-refractivity contribution in [2.45, 2.75) is 12.5 Å². The minimum Gasteiger partial charge on any atom is -0.508 e. The van der Waals surface area contributed by atoms with Crippen molar-refractivity contribution in [1.29, 1.82) is 0 Å². The second kappa shape index (κ2) is 12.9. The van der Waals surface area contributed by atoms with Crippen molar-refractivity contribution in [3.63, 3.8) is 0 Å². The van der Waals surface area contributed by atoms with E-state index >= 15 is 0 Å². The smallest absolute Gasteiger partial charge is 0.119 e. The highest BCUT2D eigenvalue weighted by atomic mass is 16.5. The lowest BCUT2D eigenvalue weighted by Gasteiger charge is -2.39. The van der Waals surface area contributed by atoms with Gasteiger partial charge in [-0.1, -0.05) is 54.3 Å². The fourth-order valence-corrected chi connectivity index (χ4v) is 4.36. The van der Waals surface area contributed by atoms with Gasteiger partial charge in [0.1, 0.15) is 18.1 Å². The van der Waals surface area contributed by atoms with Gasteiger partial charge in [-0.3, -0.25) is 9.80 Å². The Morgan fingerprint density at radius 1 is 0.857 bits per heavy atom. The number of hydrogen-bond donors (Lipinski definition) is 3. The van der Waals surface area contributed by atoms with Crippen LogP contribution in [0.1, 0.15) is 29.2 Å². The summed E-state index contributed by atoms with van der Waals surface area (Å²) >= 11 is 0. The number of benzene rings is 3. The van der Waals surface area contributed by atoms with Crippen molar-refractivity contribution < 1.29 is 15.1 Å². The van der Waals surface area contributed by atoms with E-state index in [1.807, 2.05) is 42.5 Å². The first-order chi connectivity index (χ1) is 17.2. The van der Waals surface area contributed by atoms with E-state index in [1.165, 1.54) is 11.1 Å². The predicted octanol–water partition coefficient (Wildman–Crippen LogP) is 3.90. The van der Waals surface area contributed by atoms with Gasteiger partial charge in [-0.15, -0.1) is 0 Å². The van der Waals surface area contributed by atoms with Crippen LogP contribution in [0.25, 0.3) is 0 Å². The third kappa shape index (κ3) is 7.32. The van der Waals surface area contributed by atoms with E-state index < -0.39 is 0 Å². The molecule has 1 fully saturated rings. The van der Waals surface area contributed by atoms with Gasteiger partial charge in [-0.05, 0) is 47.5 Å². The highest BCUT2D eigenvalue weighted by molar-refractivity contribution is 5.38. The number of phenols is 1. The van der Waals surface area contributed by atoms with Crippen LogP contribution < -0.4 is 10.2 Å². The lowest BCUT2D eigenvalue weighted by molar-refractivity contribution is 0.0977. The molecule has 0 amide bonds. The maximum atomic E-state index is 9.74. The quantitative estimate of drug-likeness (QED) is 0.250. The topological polar surface area (TPSA) is 68.2 Å². The molecule has 1 heterocycles. The standard InChI is InChI=1S/C29H33N3O3/c33-27-13-11-26(12-14-27)29(25-7-2-1-3-8-25)32-20-18-31(19-21-32)22-23-35-28-15-9-24(10-16-28)6-4-5-17-30-34/h1-3,7-16,29-30,33-34H,5,17-23H2/t29-/m1/s1. The Bertz CT molecular complexity index is 1080. The highest BCUT2D eigenvalue weighted by Gasteiger charge is 2.26. The lowest BCUT2D eigenvalue weighted by atomic mass is 9.96. The number of phenolic OH excluding ortho intramolecular Hbond substituents is 1. The van der Waals surface area contributed by atoms with Crippen LogP contribution in [-0.2, 0) is 0 Å². The largest absolute Gasteiger partial charge is 0.508 e. The maximum Gasteiger partial charge on any atom is 0.119 e. The molecule has 1 saturated heterocycles. The predicted molar refractivity (Wildman–Crippen MR) is 138 cm³/mol. The molecular formula is C29H33N3O3. The zero-order chi connectivity index (χ0) is 24.3. The fourth-order valence-electron chi connectivity index (χ4n) is 4.36. The Kier molecular flexibility index (Phi) is 9.16. The van der Waals surface area contributed by atoms with Crippen LogP contribution in [0.4, 0.5) is 0 Å². The molecule has 35 heavy (non-hydrogen) atoms. The summed E-state index contributed by atoms with van der Waals surface area (Å²) < 4.78 is 5.96. The second-order valence-electron chi connectivity index (χ2n) is 8.62. The molecule has 3 aromatic carbocycles. The molecule has 182 valence electrons. The number of aromatic hydroxyl groups is 1. The molecule has 3 N–H and O–H groups in total. The molecule has 0 spiro atoms. The van der Waals surface area contributed by atoms with Crippen molar-refractivity contribution in [2.75, 3.05) is 45.9 Å². The third-order valence-corrected chi connectivity index (χ3v) is 6.22. The van der Waals surface area contributed by atoms with Crippen molar-refractivity contribution in [3.05, 3.63) is 95.6 Å². The molecule has 0 radical (unpaired) electrons. The van der Waals surface area contributed by atoms with Crippen molar-refractivity contribution in [3.8, 4) is 23.3 Å². The molecule has 1 aliphatic rings. The molecule has 0 unspecified atom stereocenters. The third-order valence-electron chi connectivity index (χ3n) is 6.22. The average Bonchev–Trinajstić information content (AvgIpc) is 2.90. The van der Waals surface area contributed by atoms with Gasteiger partial charge in [-0.2, -0.15) is 0 Å². The molecular weight excluding hydrogens is 438 g/mol. The molecule has 6 heteroatoms. The van der Waals surface area contributed by atoms with Crippen LogP contribution in [0.5, 0.6) is 11.5 Å². The first-order valence-corrected chi connectivity index (χ1v) is 12.1. The molecule has 1 aliphatic heterocycles. The zero-order valence-corrected chi connectivity index (χ0v) is 19.9. The fraction of sp³-hybridized carbons (Fsp3) is 0.310. The van der Waals surface area contributed by atoms with Crippen molar-refractivity contribution in [2.24, 2.45) is 0 Å². The van der Waals surface area contributed by atoms with E-state index in [-0.39, 0.29) is 6.04 Å². The summed E-state index contributed by atoms with van der Waals surface area (Å²) in [5, 5.41) is 18.3. The highest BCUT2D eigenvalue weighted by Crippen LogP contribution is 2.30. The summed E-state index contributed by atoms with van der Waals surface area (Å²) in [6.07, 6.45) is 0.600. The number of hydroxylamine groups is 1. The van der Waals surface area contributed by atoms with Gasteiger partial charge in [0.15, 0.2) is 0 Å². The Labute approximate surface area is 207 Å². The molecule has 3 aromatic rings. The van der Waals surface area contributed by atoms with E-state index in [0.29, 0.717) is 25.3 Å². The summed E-state index contributed by atoms with van der Waals surface area (Å²) in [7, 11) is 0. The second-order valence-corrected chi connectivity index (χ2v) is 8.62. The van der Waals surface area contributed by atoms with Crippen LogP contribution in [0, 0.1) is 11.8 Å². The van der Waals surface area contributed by atoms with Crippen LogP contribution in [0.15, 0.2) is 78.9 Å². The Morgan fingerprint density at radius 3 is 2.23 bits per heavy atom. The molecule has 4 rings (SSSR count). The Morgan fingerprint density at radius 2 is 1.54 bits per heavy atom. The first kappa shape index (κ1) is 24.8. The maximum absolute atomic E-state index is 9.74. The Hall–Kier alpha value is -3.34. The van der Waals surface area contributed by atoms with Crippen LogP contribution in [0.3, 0.4) is 0 Å². The number of hydrogen-bond acceptors (Lipinski definition) is 6. The molecule has 1 atom stereocenters. The van der Waals surface area contributed by atoms with Gasteiger partial charge in [0.25, 0.3) is 0 Å². The van der Waals surface area contributed by atoms with Crippen LogP contribution in [-0.4, -0.2) is 66.0 Å². The van der Waals surface area contributed by atoms with E-state index in [4.69, 9.17) is 9.94 Å². The zero-order valence-electron chi connectivity index (χ0n) is 19.9. The Balaban J connectivity index is 1.27. The number of piperazine rings is 1. The van der Waals surface area contributed by atoms with Crippen LogP contribution in [0.2, 0.25) is 0 Å². The summed E-state index contributed by atoms with van der Waals surface area (Å²) in [4.78, 5) is 4.97. The normalized spacial score (nSPS) is 15.2. The monoisotopic (exact) mass is 471 g/mol. The summed E-state index contributed by atoms with van der Waals surface area (Å²) in [5.41, 5.74) is 5.51. The van der Waals surface area contributed by atoms with Gasteiger partial charge in [-0.25, -0.2) is 5.48 Å². The minimum absolute atomic E-state index is 0.178.